The molecule has 2 N–H and O–H groups in total. The Morgan fingerprint density at radius 2 is 1.18 bits per heavy atom. The first kappa shape index (κ1) is 20.3. The summed E-state index contributed by atoms with van der Waals surface area (Å²) in [7, 11) is 0. The van der Waals surface area contributed by atoms with Gasteiger partial charge in [-0.1, -0.05) is 27.7 Å². The standard InChI is InChI=1S/C16H30N4O2/c1-13(2)9-11-17-19-15(21)7-5-6-8-16(22)20-18-12-10-14(3)4/h11-14H,5-10H2,1-4H3,(H,19,21)(H,20,22)/b17-11+,18-12+. The molecule has 0 aliphatic rings. The minimum atomic E-state index is -0.115. The number of nitrogens with one attached hydrogen (secondary N) is 2. The van der Waals surface area contributed by atoms with Gasteiger partial charge in [0.15, 0.2) is 0 Å². The van der Waals surface area contributed by atoms with Crippen molar-refractivity contribution in [2.45, 2.75) is 66.2 Å². The van der Waals surface area contributed by atoms with E-state index in [0.717, 1.165) is 12.8 Å². The number of rotatable bonds is 11. The average Bonchev–Trinajstić information content (AvgIpc) is 2.44. The number of carbonyl (C=O) groups is 2. The van der Waals surface area contributed by atoms with E-state index in [-0.39, 0.29) is 11.8 Å². The second-order valence-corrected chi connectivity index (χ2v) is 6.16. The molecular weight excluding hydrogens is 280 g/mol. The Labute approximate surface area is 133 Å². The third-order valence-electron chi connectivity index (χ3n) is 2.77. The molecule has 0 saturated carbocycles. The predicted octanol–water partition coefficient (Wildman–Crippen LogP) is 2.84. The zero-order valence-electron chi connectivity index (χ0n) is 14.3. The van der Waals surface area contributed by atoms with Crippen molar-refractivity contribution in [1.29, 1.82) is 0 Å². The lowest BCUT2D eigenvalue weighted by Crippen LogP contribution is -2.19. The summed E-state index contributed by atoms with van der Waals surface area (Å²) in [4.78, 5) is 22.9. The van der Waals surface area contributed by atoms with E-state index < -0.39 is 0 Å². The Morgan fingerprint density at radius 3 is 1.50 bits per heavy atom. The zero-order chi connectivity index (χ0) is 16.8. The Balaban J connectivity index is 3.58. The second-order valence-electron chi connectivity index (χ2n) is 6.16. The van der Waals surface area contributed by atoms with E-state index in [1.54, 1.807) is 12.4 Å². The van der Waals surface area contributed by atoms with Gasteiger partial charge in [-0.15, -0.1) is 0 Å². The SMILES string of the molecule is CC(C)C/C=N/NC(=O)CCCCC(=O)N/N=C/CC(C)C. The highest BCUT2D eigenvalue weighted by Crippen LogP contribution is 2.00. The van der Waals surface area contributed by atoms with Crippen molar-refractivity contribution in [2.75, 3.05) is 0 Å². The maximum atomic E-state index is 11.5. The lowest BCUT2D eigenvalue weighted by molar-refractivity contribution is -0.123. The normalized spacial score (nSPS) is 11.7. The van der Waals surface area contributed by atoms with Crippen LogP contribution in [0, 0.1) is 11.8 Å². The van der Waals surface area contributed by atoms with Gasteiger partial charge < -0.3 is 0 Å². The van der Waals surface area contributed by atoms with Crippen LogP contribution in [0.15, 0.2) is 10.2 Å². The number of amides is 2. The van der Waals surface area contributed by atoms with E-state index in [4.69, 9.17) is 0 Å². The molecule has 0 aromatic heterocycles. The summed E-state index contributed by atoms with van der Waals surface area (Å²) in [6.07, 6.45) is 7.20. The van der Waals surface area contributed by atoms with Crippen molar-refractivity contribution < 1.29 is 9.59 Å². The maximum absolute atomic E-state index is 11.5. The minimum Gasteiger partial charge on any atom is -0.273 e. The fourth-order valence-electron chi connectivity index (χ4n) is 1.45. The van der Waals surface area contributed by atoms with Gasteiger partial charge in [0.1, 0.15) is 0 Å². The van der Waals surface area contributed by atoms with Crippen LogP contribution >= 0.6 is 0 Å². The smallest absolute Gasteiger partial charge is 0.240 e. The van der Waals surface area contributed by atoms with Gasteiger partial charge in [0.2, 0.25) is 11.8 Å². The third kappa shape index (κ3) is 14.7. The highest BCUT2D eigenvalue weighted by Gasteiger charge is 2.02. The monoisotopic (exact) mass is 310 g/mol. The van der Waals surface area contributed by atoms with E-state index in [1.165, 1.54) is 0 Å². The van der Waals surface area contributed by atoms with Crippen molar-refractivity contribution in [3.63, 3.8) is 0 Å². The van der Waals surface area contributed by atoms with E-state index in [9.17, 15) is 9.59 Å². The first-order valence-electron chi connectivity index (χ1n) is 8.02. The Hall–Kier alpha value is -1.72. The van der Waals surface area contributed by atoms with Gasteiger partial charge in [0.05, 0.1) is 0 Å². The third-order valence-corrected chi connectivity index (χ3v) is 2.77. The summed E-state index contributed by atoms with van der Waals surface area (Å²) in [5, 5.41) is 7.73. The average molecular weight is 310 g/mol. The van der Waals surface area contributed by atoms with Gasteiger partial charge >= 0.3 is 0 Å². The van der Waals surface area contributed by atoms with Crippen LogP contribution in [0.25, 0.3) is 0 Å². The number of hydrogen-bond donors (Lipinski definition) is 2. The maximum Gasteiger partial charge on any atom is 0.240 e. The molecule has 0 rings (SSSR count). The molecule has 0 bridgehead atoms. The number of unbranched alkanes of at least 4 members (excludes halogenated alkanes) is 1. The molecule has 22 heavy (non-hydrogen) atoms. The molecule has 0 heterocycles. The first-order chi connectivity index (χ1) is 10.4. The van der Waals surface area contributed by atoms with E-state index in [2.05, 4.69) is 48.7 Å². The van der Waals surface area contributed by atoms with E-state index in [1.807, 2.05) is 0 Å². The van der Waals surface area contributed by atoms with Gasteiger partial charge in [-0.05, 0) is 37.5 Å². The van der Waals surface area contributed by atoms with Crippen LogP contribution in [0.4, 0.5) is 0 Å². The second kappa shape index (κ2) is 13.0. The van der Waals surface area contributed by atoms with Crippen molar-refractivity contribution in [3.8, 4) is 0 Å². The molecule has 0 fully saturated rings. The highest BCUT2D eigenvalue weighted by atomic mass is 16.2. The molecule has 0 aromatic rings. The molecule has 6 nitrogen and oxygen atoms in total. The van der Waals surface area contributed by atoms with Crippen LogP contribution in [0.2, 0.25) is 0 Å². The van der Waals surface area contributed by atoms with Gasteiger partial charge in [-0.3, -0.25) is 9.59 Å². The minimum absolute atomic E-state index is 0.115. The van der Waals surface area contributed by atoms with Crippen LogP contribution < -0.4 is 10.9 Å². The predicted molar refractivity (Wildman–Crippen MR) is 90.6 cm³/mol. The van der Waals surface area contributed by atoms with Crippen molar-refractivity contribution in [3.05, 3.63) is 0 Å². The topological polar surface area (TPSA) is 82.9 Å². The Morgan fingerprint density at radius 1 is 0.818 bits per heavy atom. The first-order valence-corrected chi connectivity index (χ1v) is 8.02. The summed E-state index contributed by atoms with van der Waals surface area (Å²) >= 11 is 0. The molecule has 0 aliphatic heterocycles. The van der Waals surface area contributed by atoms with Gasteiger partial charge in [-0.2, -0.15) is 10.2 Å². The van der Waals surface area contributed by atoms with Crippen molar-refractivity contribution in [1.82, 2.24) is 10.9 Å². The van der Waals surface area contributed by atoms with Crippen LogP contribution in [0.3, 0.4) is 0 Å². The van der Waals surface area contributed by atoms with Crippen LogP contribution in [-0.4, -0.2) is 24.2 Å². The Bertz CT molecular complexity index is 340. The summed E-state index contributed by atoms with van der Waals surface area (Å²) in [5.41, 5.74) is 4.97. The quantitative estimate of drug-likeness (QED) is 0.349. The van der Waals surface area contributed by atoms with Crippen molar-refractivity contribution in [2.24, 2.45) is 22.0 Å². The summed E-state index contributed by atoms with van der Waals surface area (Å²) < 4.78 is 0. The molecule has 126 valence electrons. The Kier molecular flexibility index (Phi) is 12.0. The molecule has 0 radical (unpaired) electrons. The fraction of sp³-hybridized carbons (Fsp3) is 0.750. The molecular formula is C16H30N4O2. The lowest BCUT2D eigenvalue weighted by atomic mass is 10.1. The number of hydrazone groups is 2. The molecule has 0 spiro atoms. The molecule has 0 saturated heterocycles. The molecule has 0 unspecified atom stereocenters. The lowest BCUT2D eigenvalue weighted by Gasteiger charge is -2.02. The van der Waals surface area contributed by atoms with Crippen molar-refractivity contribution >= 4 is 24.2 Å². The van der Waals surface area contributed by atoms with Crippen LogP contribution in [0.1, 0.15) is 66.2 Å². The van der Waals surface area contributed by atoms with Crippen LogP contribution in [-0.2, 0) is 9.59 Å². The molecule has 0 atom stereocenters. The molecule has 0 aromatic carbocycles. The van der Waals surface area contributed by atoms with Gasteiger partial charge in [-0.25, -0.2) is 10.9 Å². The number of nitrogens with zero attached hydrogens (tertiary/aromatic N) is 2. The van der Waals surface area contributed by atoms with E-state index >= 15 is 0 Å². The van der Waals surface area contributed by atoms with E-state index in [0.29, 0.717) is 37.5 Å². The highest BCUT2D eigenvalue weighted by molar-refractivity contribution is 5.77. The van der Waals surface area contributed by atoms with Gasteiger partial charge in [0.25, 0.3) is 0 Å². The molecule has 0 aliphatic carbocycles. The molecule has 6 heteroatoms. The van der Waals surface area contributed by atoms with Gasteiger partial charge in [0, 0.05) is 25.3 Å². The number of carbonyl (C=O) groups excluding carboxylic acids is 2. The fourth-order valence-corrected chi connectivity index (χ4v) is 1.45. The summed E-state index contributed by atoms with van der Waals surface area (Å²) in [5.74, 6) is 0.829. The zero-order valence-corrected chi connectivity index (χ0v) is 14.3. The summed E-state index contributed by atoms with van der Waals surface area (Å²) in [6, 6.07) is 0. The summed E-state index contributed by atoms with van der Waals surface area (Å²) in [6.45, 7) is 8.36. The molecule has 2 amide bonds. The van der Waals surface area contributed by atoms with Crippen LogP contribution in [0.5, 0.6) is 0 Å². The largest absolute Gasteiger partial charge is 0.273 e. The number of hydrogen-bond acceptors (Lipinski definition) is 4.